The van der Waals surface area contributed by atoms with Gasteiger partial charge in [-0.1, -0.05) is 0 Å². The van der Waals surface area contributed by atoms with Crippen LogP contribution in [0.4, 0.5) is 4.39 Å². The van der Waals surface area contributed by atoms with Gasteiger partial charge in [-0.05, 0) is 44.2 Å². The number of hydrogen-bond donors (Lipinski definition) is 1. The van der Waals surface area contributed by atoms with Crippen molar-refractivity contribution in [2.24, 2.45) is 0 Å². The highest BCUT2D eigenvalue weighted by Gasteiger charge is 2.16. The van der Waals surface area contributed by atoms with Gasteiger partial charge in [0.15, 0.2) is 11.6 Å². The van der Waals surface area contributed by atoms with E-state index in [1.54, 1.807) is 12.3 Å². The van der Waals surface area contributed by atoms with Crippen molar-refractivity contribution in [1.82, 2.24) is 5.32 Å². The Morgan fingerprint density at radius 2 is 1.83 bits per heavy atom. The van der Waals surface area contributed by atoms with Crippen LogP contribution in [0.15, 0.2) is 35.7 Å². The third-order valence-corrected chi connectivity index (χ3v) is 4.19. The number of rotatable bonds is 6. The summed E-state index contributed by atoms with van der Waals surface area (Å²) in [6.45, 7) is 3.16. The van der Waals surface area contributed by atoms with Gasteiger partial charge in [-0.3, -0.25) is 14.4 Å². The molecule has 0 saturated heterocycles. The lowest BCUT2D eigenvalue weighted by molar-refractivity contribution is 0.0920. The lowest BCUT2D eigenvalue weighted by Crippen LogP contribution is -2.33. The van der Waals surface area contributed by atoms with Crippen LogP contribution >= 0.6 is 11.3 Å². The highest BCUT2D eigenvalue weighted by atomic mass is 32.1. The molecule has 1 heterocycles. The van der Waals surface area contributed by atoms with E-state index in [1.165, 1.54) is 48.6 Å². The van der Waals surface area contributed by atoms with Crippen molar-refractivity contribution in [3.63, 3.8) is 0 Å². The summed E-state index contributed by atoms with van der Waals surface area (Å²) >= 11 is 1.19. The Balaban J connectivity index is 1.94. The first-order chi connectivity index (χ1) is 10.9. The topological polar surface area (TPSA) is 63.2 Å². The number of halogens is 1. The molecule has 2 rings (SSSR count). The van der Waals surface area contributed by atoms with Crippen LogP contribution in [-0.2, 0) is 0 Å². The average molecular weight is 333 g/mol. The summed E-state index contributed by atoms with van der Waals surface area (Å²) in [6, 6.07) is 6.46. The first kappa shape index (κ1) is 17.0. The van der Waals surface area contributed by atoms with Crippen LogP contribution in [0.2, 0.25) is 0 Å². The average Bonchev–Trinajstić information content (AvgIpc) is 2.97. The minimum absolute atomic E-state index is 0.0974. The Labute approximate surface area is 137 Å². The zero-order valence-corrected chi connectivity index (χ0v) is 13.6. The minimum atomic E-state index is -0.401. The third-order valence-electron chi connectivity index (χ3n) is 3.27. The maximum atomic E-state index is 12.8. The maximum absolute atomic E-state index is 12.8. The van der Waals surface area contributed by atoms with E-state index in [4.69, 9.17) is 0 Å². The number of hydrogen-bond acceptors (Lipinski definition) is 4. The second kappa shape index (κ2) is 7.28. The van der Waals surface area contributed by atoms with Crippen LogP contribution in [-0.4, -0.2) is 23.5 Å². The summed E-state index contributed by atoms with van der Waals surface area (Å²) in [4.78, 5) is 35.8. The minimum Gasteiger partial charge on any atom is -0.348 e. The summed E-state index contributed by atoms with van der Waals surface area (Å²) in [5, 5.41) is 4.36. The Kier molecular flexibility index (Phi) is 5.39. The summed E-state index contributed by atoms with van der Waals surface area (Å²) in [5.74, 6) is -0.989. The molecular weight excluding hydrogens is 317 g/mol. The molecule has 23 heavy (non-hydrogen) atoms. The van der Waals surface area contributed by atoms with E-state index in [0.717, 1.165) is 0 Å². The standard InChI is InChI=1S/C17H16FNO3S/c1-10(7-15(21)12-3-5-14(18)6-4-12)19-17(22)16-8-13(9-23-16)11(2)20/h3-6,8-10H,7H2,1-2H3,(H,19,22)/t10-/m1/s1. The zero-order valence-electron chi connectivity index (χ0n) is 12.8. The lowest BCUT2D eigenvalue weighted by Gasteiger charge is -2.12. The van der Waals surface area contributed by atoms with Crippen LogP contribution < -0.4 is 5.32 Å². The van der Waals surface area contributed by atoms with Crippen molar-refractivity contribution < 1.29 is 18.8 Å². The molecule has 0 bridgehead atoms. The van der Waals surface area contributed by atoms with Gasteiger partial charge in [0, 0.05) is 29.0 Å². The summed E-state index contributed by atoms with van der Waals surface area (Å²) in [5.41, 5.74) is 0.901. The van der Waals surface area contributed by atoms with E-state index in [-0.39, 0.29) is 29.9 Å². The molecule has 1 aromatic heterocycles. The lowest BCUT2D eigenvalue weighted by atomic mass is 10.0. The molecule has 0 radical (unpaired) electrons. The van der Waals surface area contributed by atoms with Crippen LogP contribution in [0.1, 0.15) is 50.7 Å². The largest absolute Gasteiger partial charge is 0.348 e. The van der Waals surface area contributed by atoms with Crippen LogP contribution in [0.25, 0.3) is 0 Å². The normalized spacial score (nSPS) is 11.8. The van der Waals surface area contributed by atoms with Crippen LogP contribution in [0, 0.1) is 5.82 Å². The van der Waals surface area contributed by atoms with Crippen molar-refractivity contribution in [1.29, 1.82) is 0 Å². The fourth-order valence-electron chi connectivity index (χ4n) is 2.02. The van der Waals surface area contributed by atoms with Gasteiger partial charge >= 0.3 is 0 Å². The van der Waals surface area contributed by atoms with Crippen molar-refractivity contribution in [3.8, 4) is 0 Å². The zero-order chi connectivity index (χ0) is 17.0. The van der Waals surface area contributed by atoms with Gasteiger partial charge in [0.2, 0.25) is 0 Å². The smallest absolute Gasteiger partial charge is 0.261 e. The van der Waals surface area contributed by atoms with Crippen LogP contribution in [0.3, 0.4) is 0 Å². The third kappa shape index (κ3) is 4.56. The maximum Gasteiger partial charge on any atom is 0.261 e. The molecule has 4 nitrogen and oxygen atoms in total. The van der Waals surface area contributed by atoms with Crippen molar-refractivity contribution >= 4 is 28.8 Å². The molecule has 0 aliphatic carbocycles. The van der Waals surface area contributed by atoms with E-state index < -0.39 is 5.82 Å². The van der Waals surface area contributed by atoms with E-state index in [0.29, 0.717) is 16.0 Å². The molecule has 1 atom stereocenters. The van der Waals surface area contributed by atoms with E-state index in [2.05, 4.69) is 5.32 Å². The number of nitrogens with one attached hydrogen (secondary N) is 1. The highest BCUT2D eigenvalue weighted by Crippen LogP contribution is 2.16. The van der Waals surface area contributed by atoms with E-state index in [1.807, 2.05) is 0 Å². The molecule has 0 spiro atoms. The molecule has 1 aromatic carbocycles. The number of thiophene rings is 1. The summed E-state index contributed by atoms with van der Waals surface area (Å²) in [7, 11) is 0. The summed E-state index contributed by atoms with van der Waals surface area (Å²) < 4.78 is 12.8. The second-order valence-corrected chi connectivity index (χ2v) is 6.18. The molecule has 0 saturated carbocycles. The number of ketones is 2. The predicted octanol–water partition coefficient (Wildman–Crippen LogP) is 3.48. The van der Waals surface area contributed by atoms with Gasteiger partial charge < -0.3 is 5.32 Å². The molecule has 1 amide bonds. The van der Waals surface area contributed by atoms with Crippen LogP contribution in [0.5, 0.6) is 0 Å². The first-order valence-electron chi connectivity index (χ1n) is 7.06. The molecule has 6 heteroatoms. The van der Waals surface area contributed by atoms with Gasteiger partial charge in [-0.2, -0.15) is 0 Å². The van der Waals surface area contributed by atoms with Crippen molar-refractivity contribution in [2.45, 2.75) is 26.3 Å². The molecule has 0 unspecified atom stereocenters. The SMILES string of the molecule is CC(=O)c1csc(C(=O)N[C@H](C)CC(=O)c2ccc(F)cc2)c1. The van der Waals surface area contributed by atoms with E-state index in [9.17, 15) is 18.8 Å². The molecule has 0 fully saturated rings. The molecular formula is C17H16FNO3S. The molecule has 0 aliphatic rings. The molecule has 2 aromatic rings. The first-order valence-corrected chi connectivity index (χ1v) is 7.94. The number of carbonyl (C=O) groups excluding carboxylic acids is 3. The Bertz CT molecular complexity index is 737. The quantitative estimate of drug-likeness (QED) is 0.823. The Morgan fingerprint density at radius 3 is 2.39 bits per heavy atom. The highest BCUT2D eigenvalue weighted by molar-refractivity contribution is 7.12. The summed E-state index contributed by atoms with van der Waals surface area (Å²) in [6.07, 6.45) is 0.113. The van der Waals surface area contributed by atoms with Gasteiger partial charge in [0.05, 0.1) is 4.88 Å². The van der Waals surface area contributed by atoms with Gasteiger partial charge in [-0.25, -0.2) is 4.39 Å². The molecule has 1 N–H and O–H groups in total. The Hall–Kier alpha value is -2.34. The number of Topliss-reactive ketones (excluding diaryl/α,β-unsaturated/α-hetero) is 2. The van der Waals surface area contributed by atoms with E-state index >= 15 is 0 Å². The molecule has 0 aliphatic heterocycles. The second-order valence-electron chi connectivity index (χ2n) is 5.26. The van der Waals surface area contributed by atoms with Gasteiger partial charge in [-0.15, -0.1) is 11.3 Å². The monoisotopic (exact) mass is 333 g/mol. The predicted molar refractivity (Wildman–Crippen MR) is 86.6 cm³/mol. The number of amides is 1. The van der Waals surface area contributed by atoms with Crippen molar-refractivity contribution in [2.75, 3.05) is 0 Å². The van der Waals surface area contributed by atoms with Crippen molar-refractivity contribution in [3.05, 3.63) is 57.5 Å². The number of carbonyl (C=O) groups is 3. The fraction of sp³-hybridized carbons (Fsp3) is 0.235. The Morgan fingerprint density at radius 1 is 1.17 bits per heavy atom. The molecule has 120 valence electrons. The van der Waals surface area contributed by atoms with Gasteiger partial charge in [0.1, 0.15) is 5.82 Å². The number of benzene rings is 1. The fourth-order valence-corrected chi connectivity index (χ4v) is 2.87. The van der Waals surface area contributed by atoms with Gasteiger partial charge in [0.25, 0.3) is 5.91 Å².